The van der Waals surface area contributed by atoms with Gasteiger partial charge in [0.25, 0.3) is 0 Å². The first-order chi connectivity index (χ1) is 10.0. The van der Waals surface area contributed by atoms with Crippen molar-refractivity contribution in [3.63, 3.8) is 0 Å². The summed E-state index contributed by atoms with van der Waals surface area (Å²) in [4.78, 5) is 2.14. The highest BCUT2D eigenvalue weighted by Gasteiger charge is 2.11. The van der Waals surface area contributed by atoms with E-state index in [1.807, 2.05) is 25.1 Å². The van der Waals surface area contributed by atoms with Crippen molar-refractivity contribution in [1.82, 2.24) is 0 Å². The number of benzene rings is 2. The van der Waals surface area contributed by atoms with Crippen LogP contribution in [0.5, 0.6) is 5.75 Å². The largest absolute Gasteiger partial charge is 0.495 e. The normalized spacial score (nSPS) is 12.0. The molecule has 0 saturated carbocycles. The van der Waals surface area contributed by atoms with E-state index in [2.05, 4.69) is 43.1 Å². The van der Waals surface area contributed by atoms with E-state index >= 15 is 0 Å². The molecule has 0 fully saturated rings. The molecule has 0 spiro atoms. The lowest BCUT2D eigenvalue weighted by atomic mass is 10.0. The second-order valence-corrected chi connectivity index (χ2v) is 5.52. The van der Waals surface area contributed by atoms with Gasteiger partial charge >= 0.3 is 0 Å². The van der Waals surface area contributed by atoms with Crippen LogP contribution in [0.2, 0.25) is 0 Å². The van der Waals surface area contributed by atoms with Crippen LogP contribution >= 0.6 is 0 Å². The Morgan fingerprint density at radius 3 is 2.52 bits per heavy atom. The molecule has 2 N–H and O–H groups in total. The first-order valence-corrected chi connectivity index (χ1v) is 7.24. The summed E-state index contributed by atoms with van der Waals surface area (Å²) in [5.74, 6) is 0.873. The smallest absolute Gasteiger partial charge is 0.142 e. The van der Waals surface area contributed by atoms with Crippen LogP contribution in [0.15, 0.2) is 42.5 Å². The molecule has 3 nitrogen and oxygen atoms in total. The van der Waals surface area contributed by atoms with Crippen molar-refractivity contribution >= 4 is 11.4 Å². The molecule has 21 heavy (non-hydrogen) atoms. The van der Waals surface area contributed by atoms with E-state index < -0.39 is 0 Å². The van der Waals surface area contributed by atoms with Gasteiger partial charge in [0.15, 0.2) is 0 Å². The van der Waals surface area contributed by atoms with Gasteiger partial charge in [0.1, 0.15) is 5.75 Å². The summed E-state index contributed by atoms with van der Waals surface area (Å²) < 4.78 is 5.44. The average molecular weight is 284 g/mol. The number of anilines is 2. The number of nitrogens with zero attached hydrogens (tertiary/aromatic N) is 1. The van der Waals surface area contributed by atoms with Crippen LogP contribution in [-0.4, -0.2) is 20.2 Å². The maximum Gasteiger partial charge on any atom is 0.142 e. The van der Waals surface area contributed by atoms with Crippen molar-refractivity contribution in [2.24, 2.45) is 5.73 Å². The standard InChI is InChI=1S/C18H24N2O/c1-13-11-16(10-9-15(13)12-14(2)19)20(3)17-7-5-6-8-18(17)21-4/h5-11,14H,12,19H2,1-4H3. The molecule has 2 aromatic rings. The zero-order valence-corrected chi connectivity index (χ0v) is 13.3. The summed E-state index contributed by atoms with van der Waals surface area (Å²) in [5, 5.41) is 0. The summed E-state index contributed by atoms with van der Waals surface area (Å²) in [6.07, 6.45) is 0.907. The minimum Gasteiger partial charge on any atom is -0.495 e. The molecule has 2 aromatic carbocycles. The Morgan fingerprint density at radius 2 is 1.90 bits per heavy atom. The molecule has 0 bridgehead atoms. The lowest BCUT2D eigenvalue weighted by molar-refractivity contribution is 0.415. The van der Waals surface area contributed by atoms with Gasteiger partial charge in [-0.05, 0) is 55.7 Å². The molecule has 0 aliphatic carbocycles. The van der Waals surface area contributed by atoms with Crippen LogP contribution in [0.3, 0.4) is 0 Å². The van der Waals surface area contributed by atoms with Gasteiger partial charge in [-0.1, -0.05) is 18.2 Å². The summed E-state index contributed by atoms with van der Waals surface area (Å²) in [6, 6.07) is 14.7. The lowest BCUT2D eigenvalue weighted by Crippen LogP contribution is -2.18. The highest BCUT2D eigenvalue weighted by molar-refractivity contribution is 5.69. The van der Waals surface area contributed by atoms with Gasteiger partial charge in [-0.3, -0.25) is 0 Å². The summed E-state index contributed by atoms with van der Waals surface area (Å²) in [7, 11) is 3.75. The minimum absolute atomic E-state index is 0.182. The number of ether oxygens (including phenoxy) is 1. The van der Waals surface area contributed by atoms with Gasteiger partial charge in [0.2, 0.25) is 0 Å². The highest BCUT2D eigenvalue weighted by atomic mass is 16.5. The number of hydrogen-bond donors (Lipinski definition) is 1. The second-order valence-electron chi connectivity index (χ2n) is 5.52. The Hall–Kier alpha value is -2.00. The summed E-state index contributed by atoms with van der Waals surface area (Å²) >= 11 is 0. The van der Waals surface area contributed by atoms with Crippen molar-refractivity contribution in [3.8, 4) is 5.75 Å². The molecule has 1 unspecified atom stereocenters. The third-order valence-electron chi connectivity index (χ3n) is 3.70. The van der Waals surface area contributed by atoms with Crippen LogP contribution < -0.4 is 15.4 Å². The third-order valence-corrected chi connectivity index (χ3v) is 3.70. The molecule has 1 atom stereocenters. The number of nitrogens with two attached hydrogens (primary N) is 1. The number of methoxy groups -OCH3 is 1. The van der Waals surface area contributed by atoms with E-state index in [0.717, 1.165) is 23.5 Å². The van der Waals surface area contributed by atoms with E-state index in [4.69, 9.17) is 10.5 Å². The van der Waals surface area contributed by atoms with Gasteiger partial charge in [0.05, 0.1) is 12.8 Å². The molecule has 3 heteroatoms. The van der Waals surface area contributed by atoms with Crippen LogP contribution in [0.4, 0.5) is 11.4 Å². The first kappa shape index (κ1) is 15.4. The van der Waals surface area contributed by atoms with Gasteiger partial charge in [-0.15, -0.1) is 0 Å². The van der Waals surface area contributed by atoms with E-state index in [9.17, 15) is 0 Å². The number of para-hydroxylation sites is 2. The molecule has 2 rings (SSSR count). The Bertz CT molecular complexity index is 608. The van der Waals surface area contributed by atoms with Crippen molar-refractivity contribution in [1.29, 1.82) is 0 Å². The lowest BCUT2D eigenvalue weighted by Gasteiger charge is -2.23. The Morgan fingerprint density at radius 1 is 1.19 bits per heavy atom. The summed E-state index contributed by atoms with van der Waals surface area (Å²) in [6.45, 7) is 4.17. The highest BCUT2D eigenvalue weighted by Crippen LogP contribution is 2.32. The third kappa shape index (κ3) is 3.56. The molecule has 0 aromatic heterocycles. The van der Waals surface area contributed by atoms with Gasteiger partial charge in [0, 0.05) is 18.8 Å². The topological polar surface area (TPSA) is 38.5 Å². The molecule has 0 heterocycles. The van der Waals surface area contributed by atoms with Crippen molar-refractivity contribution < 1.29 is 4.74 Å². The maximum atomic E-state index is 5.89. The Labute approximate surface area is 127 Å². The van der Waals surface area contributed by atoms with Gasteiger partial charge < -0.3 is 15.4 Å². The molecule has 0 aliphatic rings. The molecule has 112 valence electrons. The van der Waals surface area contributed by atoms with Crippen LogP contribution in [0.1, 0.15) is 18.1 Å². The van der Waals surface area contributed by atoms with E-state index in [0.29, 0.717) is 0 Å². The minimum atomic E-state index is 0.182. The van der Waals surface area contributed by atoms with E-state index in [-0.39, 0.29) is 6.04 Å². The molecular formula is C18H24N2O. The van der Waals surface area contributed by atoms with Crippen molar-refractivity contribution in [3.05, 3.63) is 53.6 Å². The average Bonchev–Trinajstić information content (AvgIpc) is 2.48. The fourth-order valence-corrected chi connectivity index (χ4v) is 2.51. The van der Waals surface area contributed by atoms with Crippen molar-refractivity contribution in [2.75, 3.05) is 19.1 Å². The Balaban J connectivity index is 2.31. The van der Waals surface area contributed by atoms with Crippen LogP contribution in [0, 0.1) is 6.92 Å². The predicted molar refractivity (Wildman–Crippen MR) is 89.6 cm³/mol. The van der Waals surface area contributed by atoms with Crippen LogP contribution in [-0.2, 0) is 6.42 Å². The summed E-state index contributed by atoms with van der Waals surface area (Å²) in [5.41, 5.74) is 10.7. The van der Waals surface area contributed by atoms with E-state index in [1.165, 1.54) is 11.1 Å². The zero-order chi connectivity index (χ0) is 15.4. The fraction of sp³-hybridized carbons (Fsp3) is 0.333. The van der Waals surface area contributed by atoms with Crippen molar-refractivity contribution in [2.45, 2.75) is 26.3 Å². The molecular weight excluding hydrogens is 260 g/mol. The van der Waals surface area contributed by atoms with E-state index in [1.54, 1.807) is 7.11 Å². The Kier molecular flexibility index (Phi) is 4.86. The molecule has 0 amide bonds. The van der Waals surface area contributed by atoms with Gasteiger partial charge in [-0.2, -0.15) is 0 Å². The molecule has 0 radical (unpaired) electrons. The first-order valence-electron chi connectivity index (χ1n) is 7.24. The van der Waals surface area contributed by atoms with Gasteiger partial charge in [-0.25, -0.2) is 0 Å². The SMILES string of the molecule is COc1ccccc1N(C)c1ccc(CC(C)N)c(C)c1. The predicted octanol–water partition coefficient (Wildman–Crippen LogP) is 3.66. The zero-order valence-electron chi connectivity index (χ0n) is 13.3. The number of hydrogen-bond acceptors (Lipinski definition) is 3. The number of rotatable bonds is 5. The number of aryl methyl sites for hydroxylation is 1. The monoisotopic (exact) mass is 284 g/mol. The second kappa shape index (κ2) is 6.64. The molecule has 0 aliphatic heterocycles. The van der Waals surface area contributed by atoms with Crippen LogP contribution in [0.25, 0.3) is 0 Å². The quantitative estimate of drug-likeness (QED) is 0.910. The fourth-order valence-electron chi connectivity index (χ4n) is 2.51. The maximum absolute atomic E-state index is 5.89. The molecule has 0 saturated heterocycles.